The van der Waals surface area contributed by atoms with Gasteiger partial charge in [0, 0.05) is 24.0 Å². The summed E-state index contributed by atoms with van der Waals surface area (Å²) in [5, 5.41) is 9.52. The van der Waals surface area contributed by atoms with Crippen molar-refractivity contribution in [2.45, 2.75) is 6.92 Å². The average molecular weight is 272 g/mol. The molecule has 2 aromatic carbocycles. The molecule has 0 heterocycles. The summed E-state index contributed by atoms with van der Waals surface area (Å²) >= 11 is 0. The Kier molecular flexibility index (Phi) is 4.71. The molecule has 0 aliphatic rings. The van der Waals surface area contributed by atoms with Gasteiger partial charge in [0.15, 0.2) is 0 Å². The smallest absolute Gasteiger partial charge is 0.119 e. The first-order valence-electron chi connectivity index (χ1n) is 6.71. The van der Waals surface area contributed by atoms with E-state index >= 15 is 0 Å². The second-order valence-electron chi connectivity index (χ2n) is 4.52. The van der Waals surface area contributed by atoms with Crippen molar-refractivity contribution in [3.8, 4) is 11.5 Å². The molecule has 0 aliphatic heterocycles. The number of phenolic OH excluding ortho intramolecular Hbond substituents is 1. The van der Waals surface area contributed by atoms with Crippen LogP contribution in [0.1, 0.15) is 6.92 Å². The minimum atomic E-state index is 0.278. The molecule has 0 aliphatic carbocycles. The van der Waals surface area contributed by atoms with Gasteiger partial charge in [0.05, 0.1) is 6.54 Å². The molecule has 0 bridgehead atoms. The molecular weight excluding hydrogens is 252 g/mol. The van der Waals surface area contributed by atoms with Gasteiger partial charge in [-0.15, -0.1) is 0 Å². The number of hydrogen-bond acceptors (Lipinski definition) is 4. The summed E-state index contributed by atoms with van der Waals surface area (Å²) in [5.41, 5.74) is 7.35. The van der Waals surface area contributed by atoms with Crippen LogP contribution in [0.25, 0.3) is 0 Å². The third kappa shape index (κ3) is 3.82. The van der Waals surface area contributed by atoms with Gasteiger partial charge in [-0.1, -0.05) is 6.07 Å². The molecule has 106 valence electrons. The summed E-state index contributed by atoms with van der Waals surface area (Å²) in [4.78, 5) is 2.15. The Morgan fingerprint density at radius 3 is 2.55 bits per heavy atom. The predicted molar refractivity (Wildman–Crippen MR) is 82.3 cm³/mol. The average Bonchev–Trinajstić information content (AvgIpc) is 2.45. The van der Waals surface area contributed by atoms with Gasteiger partial charge in [0.25, 0.3) is 0 Å². The largest absolute Gasteiger partial charge is 0.508 e. The first-order chi connectivity index (χ1) is 9.69. The van der Waals surface area contributed by atoms with Crippen molar-refractivity contribution < 1.29 is 9.84 Å². The van der Waals surface area contributed by atoms with Crippen molar-refractivity contribution in [2.75, 3.05) is 30.3 Å². The number of anilines is 2. The van der Waals surface area contributed by atoms with Gasteiger partial charge in [-0.3, -0.25) is 0 Å². The van der Waals surface area contributed by atoms with E-state index in [-0.39, 0.29) is 5.75 Å². The molecule has 2 rings (SSSR count). The number of phenols is 1. The zero-order valence-corrected chi connectivity index (χ0v) is 11.6. The van der Waals surface area contributed by atoms with E-state index in [1.807, 2.05) is 36.4 Å². The van der Waals surface area contributed by atoms with Crippen LogP contribution in [0, 0.1) is 0 Å². The number of likely N-dealkylation sites (N-methyl/N-ethyl adjacent to an activating group) is 1. The quantitative estimate of drug-likeness (QED) is 0.794. The molecule has 0 spiro atoms. The van der Waals surface area contributed by atoms with E-state index in [1.165, 1.54) is 0 Å². The van der Waals surface area contributed by atoms with Gasteiger partial charge in [-0.25, -0.2) is 0 Å². The molecule has 0 saturated heterocycles. The second-order valence-corrected chi connectivity index (χ2v) is 4.52. The van der Waals surface area contributed by atoms with Crippen molar-refractivity contribution >= 4 is 11.4 Å². The van der Waals surface area contributed by atoms with Gasteiger partial charge in [0.2, 0.25) is 0 Å². The topological polar surface area (TPSA) is 58.7 Å². The first-order valence-corrected chi connectivity index (χ1v) is 6.71. The lowest BCUT2D eigenvalue weighted by Crippen LogP contribution is -2.27. The number of nitrogen functional groups attached to an aromatic ring is 1. The molecule has 0 radical (unpaired) electrons. The molecule has 4 heteroatoms. The number of aromatic hydroxyl groups is 1. The Labute approximate surface area is 119 Å². The zero-order valence-electron chi connectivity index (χ0n) is 11.6. The maximum absolute atomic E-state index is 9.52. The third-order valence-corrected chi connectivity index (χ3v) is 3.09. The van der Waals surface area contributed by atoms with Crippen LogP contribution in [0.2, 0.25) is 0 Å². The van der Waals surface area contributed by atoms with Crippen LogP contribution >= 0.6 is 0 Å². The molecular formula is C16H20N2O2. The highest BCUT2D eigenvalue weighted by Crippen LogP contribution is 2.20. The lowest BCUT2D eigenvalue weighted by atomic mass is 10.2. The van der Waals surface area contributed by atoms with Crippen LogP contribution in [0.15, 0.2) is 48.5 Å². The van der Waals surface area contributed by atoms with Crippen molar-refractivity contribution in [1.29, 1.82) is 0 Å². The molecule has 0 amide bonds. The van der Waals surface area contributed by atoms with E-state index in [9.17, 15) is 5.11 Å². The summed E-state index contributed by atoms with van der Waals surface area (Å²) in [6.45, 7) is 4.26. The summed E-state index contributed by atoms with van der Waals surface area (Å²) in [5.74, 6) is 1.09. The highest BCUT2D eigenvalue weighted by atomic mass is 16.5. The zero-order chi connectivity index (χ0) is 14.4. The summed E-state index contributed by atoms with van der Waals surface area (Å²) in [7, 11) is 0. The number of benzene rings is 2. The molecule has 0 aromatic heterocycles. The fourth-order valence-corrected chi connectivity index (χ4v) is 2.00. The van der Waals surface area contributed by atoms with Crippen LogP contribution < -0.4 is 15.4 Å². The fourth-order valence-electron chi connectivity index (χ4n) is 2.00. The number of nitrogens with two attached hydrogens (primary N) is 1. The van der Waals surface area contributed by atoms with Crippen LogP contribution in [0.4, 0.5) is 11.4 Å². The Morgan fingerprint density at radius 2 is 1.90 bits per heavy atom. The normalized spacial score (nSPS) is 10.2. The minimum absolute atomic E-state index is 0.278. The Morgan fingerprint density at radius 1 is 1.15 bits per heavy atom. The molecule has 4 nitrogen and oxygen atoms in total. The number of hydrogen-bond donors (Lipinski definition) is 2. The standard InChI is InChI=1S/C16H20N2O2/c1-2-18(14-4-3-5-15(19)12-14)10-11-20-16-8-6-13(17)7-9-16/h3-9,12,19H,2,10-11,17H2,1H3. The summed E-state index contributed by atoms with van der Waals surface area (Å²) < 4.78 is 5.69. The number of rotatable bonds is 6. The van der Waals surface area contributed by atoms with Crippen molar-refractivity contribution in [3.05, 3.63) is 48.5 Å². The third-order valence-electron chi connectivity index (χ3n) is 3.09. The van der Waals surface area contributed by atoms with Gasteiger partial charge < -0.3 is 20.5 Å². The highest BCUT2D eigenvalue weighted by molar-refractivity contribution is 5.50. The predicted octanol–water partition coefficient (Wildman–Crippen LogP) is 2.88. The Hall–Kier alpha value is -2.36. The van der Waals surface area contributed by atoms with Crippen molar-refractivity contribution in [2.24, 2.45) is 0 Å². The molecule has 0 unspecified atom stereocenters. The van der Waals surface area contributed by atoms with Crippen LogP contribution in [-0.2, 0) is 0 Å². The first kappa shape index (κ1) is 14.1. The summed E-state index contributed by atoms with van der Waals surface area (Å²) in [6, 6.07) is 14.6. The fraction of sp³-hybridized carbons (Fsp3) is 0.250. The van der Waals surface area contributed by atoms with Crippen LogP contribution in [-0.4, -0.2) is 24.8 Å². The second kappa shape index (κ2) is 6.70. The van der Waals surface area contributed by atoms with E-state index in [1.54, 1.807) is 12.1 Å². The molecule has 2 aromatic rings. The maximum atomic E-state index is 9.52. The highest BCUT2D eigenvalue weighted by Gasteiger charge is 2.05. The van der Waals surface area contributed by atoms with E-state index in [4.69, 9.17) is 10.5 Å². The summed E-state index contributed by atoms with van der Waals surface area (Å²) in [6.07, 6.45) is 0. The SMILES string of the molecule is CCN(CCOc1ccc(N)cc1)c1cccc(O)c1. The minimum Gasteiger partial charge on any atom is -0.508 e. The van der Waals surface area contributed by atoms with Crippen molar-refractivity contribution in [3.63, 3.8) is 0 Å². The van der Waals surface area contributed by atoms with Gasteiger partial charge in [-0.2, -0.15) is 0 Å². The lowest BCUT2D eigenvalue weighted by Gasteiger charge is -2.23. The van der Waals surface area contributed by atoms with Gasteiger partial charge in [-0.05, 0) is 43.3 Å². The van der Waals surface area contributed by atoms with Crippen LogP contribution in [0.5, 0.6) is 11.5 Å². The van der Waals surface area contributed by atoms with E-state index in [2.05, 4.69) is 11.8 Å². The number of nitrogens with zero attached hydrogens (tertiary/aromatic N) is 1. The molecule has 0 fully saturated rings. The monoisotopic (exact) mass is 272 g/mol. The molecule has 0 saturated carbocycles. The molecule has 20 heavy (non-hydrogen) atoms. The van der Waals surface area contributed by atoms with Gasteiger partial charge >= 0.3 is 0 Å². The molecule has 3 N–H and O–H groups in total. The van der Waals surface area contributed by atoms with Crippen LogP contribution in [0.3, 0.4) is 0 Å². The number of ether oxygens (including phenoxy) is 1. The Bertz CT molecular complexity index is 540. The molecule has 0 atom stereocenters. The van der Waals surface area contributed by atoms with E-state index in [0.29, 0.717) is 6.61 Å². The van der Waals surface area contributed by atoms with Crippen molar-refractivity contribution in [1.82, 2.24) is 0 Å². The van der Waals surface area contributed by atoms with Gasteiger partial charge in [0.1, 0.15) is 18.1 Å². The van der Waals surface area contributed by atoms with E-state index < -0.39 is 0 Å². The maximum Gasteiger partial charge on any atom is 0.119 e. The van der Waals surface area contributed by atoms with E-state index in [0.717, 1.165) is 30.2 Å². The Balaban J connectivity index is 1.89. The lowest BCUT2D eigenvalue weighted by molar-refractivity contribution is 0.324.